The molecule has 0 atom stereocenters. The maximum Gasteiger partial charge on any atom is 0.261 e. The van der Waals surface area contributed by atoms with E-state index in [9.17, 15) is 8.78 Å². The fourth-order valence-corrected chi connectivity index (χ4v) is 4.89. The highest BCUT2D eigenvalue weighted by atomic mass is 19.3. The number of terminal acetylenes is 1. The lowest BCUT2D eigenvalue weighted by Gasteiger charge is -2.17. The topological polar surface area (TPSA) is 83.7 Å². The fourth-order valence-electron chi connectivity index (χ4n) is 4.89. The zero-order valence-corrected chi connectivity index (χ0v) is 22.4. The van der Waals surface area contributed by atoms with Crippen molar-refractivity contribution in [1.82, 2.24) is 24.8 Å². The Morgan fingerprint density at radius 1 is 1.18 bits per heavy atom. The maximum atomic E-state index is 13.7. The minimum Gasteiger partial charge on any atom is -0.383 e. The van der Waals surface area contributed by atoms with Gasteiger partial charge in [0.05, 0.1) is 18.3 Å². The number of H-pyrrole nitrogens is 1. The molecule has 0 bridgehead atoms. The van der Waals surface area contributed by atoms with E-state index >= 15 is 0 Å². The van der Waals surface area contributed by atoms with E-state index in [1.54, 1.807) is 29.6 Å². The number of rotatable bonds is 8. The molecule has 0 aromatic carbocycles. The highest BCUT2D eigenvalue weighted by Crippen LogP contribution is 2.30. The Balaban J connectivity index is 0.00000181. The van der Waals surface area contributed by atoms with E-state index in [-0.39, 0.29) is 13.0 Å². The molecule has 204 valence electrons. The minimum absolute atomic E-state index is 0.104. The SMILES string of the molecule is C#C.C=C/C(=C\C(=C/C)c1cnc(N)c(Cc2cc3c(-c4ccncc4)cncc3[nH]2)c1)CN1CCC(F)(F)C1. The van der Waals surface area contributed by atoms with Gasteiger partial charge in [-0.05, 0) is 47.9 Å². The molecule has 5 heterocycles. The number of nitrogens with zero attached hydrogens (tertiary/aromatic N) is 4. The Hall–Kier alpha value is -4.61. The second-order valence-corrected chi connectivity index (χ2v) is 9.61. The number of likely N-dealkylation sites (tertiary alicyclic amines) is 1. The summed E-state index contributed by atoms with van der Waals surface area (Å²) in [4.78, 5) is 18.2. The lowest BCUT2D eigenvalue weighted by atomic mass is 10.0. The van der Waals surface area contributed by atoms with Crippen LogP contribution in [0, 0.1) is 12.8 Å². The summed E-state index contributed by atoms with van der Waals surface area (Å²) in [6.07, 6.45) is 23.1. The van der Waals surface area contributed by atoms with E-state index < -0.39 is 5.92 Å². The van der Waals surface area contributed by atoms with Crippen LogP contribution < -0.4 is 5.73 Å². The average Bonchev–Trinajstić information content (AvgIpc) is 3.55. The summed E-state index contributed by atoms with van der Waals surface area (Å²) in [6.45, 7) is 6.42. The molecule has 0 saturated carbocycles. The van der Waals surface area contributed by atoms with Gasteiger partial charge in [-0.25, -0.2) is 13.8 Å². The second-order valence-electron chi connectivity index (χ2n) is 9.61. The Morgan fingerprint density at radius 3 is 2.62 bits per heavy atom. The molecule has 4 aromatic rings. The highest BCUT2D eigenvalue weighted by molar-refractivity contribution is 5.94. The molecule has 3 N–H and O–H groups in total. The van der Waals surface area contributed by atoms with E-state index in [0.717, 1.165) is 50.0 Å². The van der Waals surface area contributed by atoms with Crippen LogP contribution in [-0.4, -0.2) is 50.4 Å². The number of halogens is 2. The van der Waals surface area contributed by atoms with Gasteiger partial charge in [-0.2, -0.15) is 0 Å². The number of aromatic amines is 1. The van der Waals surface area contributed by atoms with Gasteiger partial charge < -0.3 is 10.7 Å². The number of anilines is 1. The van der Waals surface area contributed by atoms with Crippen LogP contribution in [0.2, 0.25) is 0 Å². The number of nitrogens with one attached hydrogen (secondary N) is 1. The lowest BCUT2D eigenvalue weighted by Crippen LogP contribution is -2.26. The zero-order valence-electron chi connectivity index (χ0n) is 22.4. The number of alkyl halides is 2. The molecule has 0 radical (unpaired) electrons. The van der Waals surface area contributed by atoms with Crippen molar-refractivity contribution in [1.29, 1.82) is 0 Å². The van der Waals surface area contributed by atoms with Gasteiger partial charge in [0.2, 0.25) is 0 Å². The predicted molar refractivity (Wildman–Crippen MR) is 159 cm³/mol. The number of pyridine rings is 3. The van der Waals surface area contributed by atoms with Crippen molar-refractivity contribution in [3.05, 3.63) is 102 Å². The number of nitrogens with two attached hydrogens (primary N) is 1. The Morgan fingerprint density at radius 2 is 1.95 bits per heavy atom. The highest BCUT2D eigenvalue weighted by Gasteiger charge is 2.37. The van der Waals surface area contributed by atoms with Crippen LogP contribution >= 0.6 is 0 Å². The largest absolute Gasteiger partial charge is 0.383 e. The monoisotopic (exact) mass is 538 g/mol. The molecule has 5 rings (SSSR count). The first-order valence-electron chi connectivity index (χ1n) is 12.9. The van der Waals surface area contributed by atoms with Crippen LogP contribution in [0.4, 0.5) is 14.6 Å². The van der Waals surface area contributed by atoms with Crippen LogP contribution in [0.15, 0.2) is 85.6 Å². The Labute approximate surface area is 233 Å². The van der Waals surface area contributed by atoms with Crippen molar-refractivity contribution >= 4 is 22.3 Å². The van der Waals surface area contributed by atoms with Crippen LogP contribution in [0.3, 0.4) is 0 Å². The average molecular weight is 539 g/mol. The van der Waals surface area contributed by atoms with Crippen LogP contribution in [-0.2, 0) is 6.42 Å². The fraction of sp³-hybridized carbons (Fsp3) is 0.219. The van der Waals surface area contributed by atoms with Gasteiger partial charge in [0.25, 0.3) is 5.92 Å². The summed E-state index contributed by atoms with van der Waals surface area (Å²) in [5.41, 5.74) is 13.9. The molecule has 0 aliphatic carbocycles. The summed E-state index contributed by atoms with van der Waals surface area (Å²) in [5, 5.41) is 1.07. The summed E-state index contributed by atoms with van der Waals surface area (Å²) < 4.78 is 27.3. The normalized spacial score (nSPS) is 15.5. The van der Waals surface area contributed by atoms with Crippen molar-refractivity contribution in [3.63, 3.8) is 0 Å². The number of hydrogen-bond donors (Lipinski definition) is 2. The number of allylic oxidation sites excluding steroid dienone is 3. The molecule has 40 heavy (non-hydrogen) atoms. The summed E-state index contributed by atoms with van der Waals surface area (Å²) in [7, 11) is 0. The second kappa shape index (κ2) is 12.5. The molecule has 4 aromatic heterocycles. The molecule has 0 unspecified atom stereocenters. The summed E-state index contributed by atoms with van der Waals surface area (Å²) in [6, 6.07) is 8.09. The molecular formula is C32H32F2N6. The Bertz CT molecular complexity index is 1570. The minimum atomic E-state index is -2.62. The van der Waals surface area contributed by atoms with Crippen molar-refractivity contribution in [3.8, 4) is 24.0 Å². The predicted octanol–water partition coefficient (Wildman–Crippen LogP) is 6.30. The van der Waals surface area contributed by atoms with E-state index in [2.05, 4.69) is 45.4 Å². The standard InChI is InChI=1S/C30H30F2N6.C2H2/c1-3-20(18-38-10-7-30(31,32)19-38)11-21(4-2)24-12-23(29(33)36-15-24)13-25-14-26-27(16-35-17-28(26)37-25)22-5-8-34-9-6-22;1-2/h3-6,8-9,11-12,14-17,37H,1,7,10,13,18-19H2,2H3,(H2,33,36);1-2H/b20-11+,21-4+;. The van der Waals surface area contributed by atoms with Gasteiger partial charge in [-0.15, -0.1) is 12.8 Å². The first kappa shape index (κ1) is 28.4. The van der Waals surface area contributed by atoms with E-state index in [1.807, 2.05) is 49.7 Å². The lowest BCUT2D eigenvalue weighted by molar-refractivity contribution is 0.0131. The van der Waals surface area contributed by atoms with Crippen molar-refractivity contribution in [2.24, 2.45) is 0 Å². The quantitative estimate of drug-likeness (QED) is 0.203. The maximum absolute atomic E-state index is 13.7. The van der Waals surface area contributed by atoms with E-state index in [0.29, 0.717) is 25.3 Å². The molecule has 1 aliphatic heterocycles. The number of hydrogen-bond acceptors (Lipinski definition) is 5. The smallest absolute Gasteiger partial charge is 0.261 e. The first-order valence-corrected chi connectivity index (χ1v) is 12.9. The third-order valence-electron chi connectivity index (χ3n) is 6.88. The van der Waals surface area contributed by atoms with E-state index in [1.165, 1.54) is 0 Å². The first-order chi connectivity index (χ1) is 19.3. The van der Waals surface area contributed by atoms with Gasteiger partial charge in [0.1, 0.15) is 5.82 Å². The van der Waals surface area contributed by atoms with Crippen LogP contribution in [0.1, 0.15) is 30.2 Å². The van der Waals surface area contributed by atoms with Crippen molar-refractivity contribution in [2.75, 3.05) is 25.4 Å². The third kappa shape index (κ3) is 6.50. The van der Waals surface area contributed by atoms with Gasteiger partial charge in [-0.1, -0.05) is 24.8 Å². The summed E-state index contributed by atoms with van der Waals surface area (Å²) >= 11 is 0. The van der Waals surface area contributed by atoms with Gasteiger partial charge in [-0.3, -0.25) is 14.9 Å². The van der Waals surface area contributed by atoms with Gasteiger partial charge in [0.15, 0.2) is 0 Å². The third-order valence-corrected chi connectivity index (χ3v) is 6.88. The zero-order chi connectivity index (χ0) is 28.7. The van der Waals surface area contributed by atoms with Crippen LogP contribution in [0.25, 0.3) is 27.6 Å². The molecule has 1 fully saturated rings. The molecule has 1 aliphatic rings. The molecule has 8 heteroatoms. The summed E-state index contributed by atoms with van der Waals surface area (Å²) in [5.74, 6) is -2.16. The van der Waals surface area contributed by atoms with Crippen molar-refractivity contribution in [2.45, 2.75) is 25.7 Å². The van der Waals surface area contributed by atoms with Gasteiger partial charge in [0, 0.05) is 78.5 Å². The molecule has 1 saturated heterocycles. The van der Waals surface area contributed by atoms with Crippen molar-refractivity contribution < 1.29 is 8.78 Å². The Kier molecular flexibility index (Phi) is 8.87. The van der Waals surface area contributed by atoms with Gasteiger partial charge >= 0.3 is 0 Å². The number of nitrogen functional groups attached to an aromatic ring is 1. The number of fused-ring (bicyclic) bond motifs is 1. The number of aromatic nitrogens is 4. The van der Waals surface area contributed by atoms with Crippen LogP contribution in [0.5, 0.6) is 0 Å². The molecular weight excluding hydrogens is 506 g/mol. The molecule has 0 spiro atoms. The molecule has 0 amide bonds. The van der Waals surface area contributed by atoms with E-state index in [4.69, 9.17) is 5.73 Å². The molecule has 6 nitrogen and oxygen atoms in total.